The van der Waals surface area contributed by atoms with Crippen LogP contribution in [0.15, 0.2) is 17.7 Å². The molecule has 27 heavy (non-hydrogen) atoms. The number of carbonyl (C=O) groups is 2. The van der Waals surface area contributed by atoms with Crippen LogP contribution in [0, 0.1) is 20.8 Å². The van der Waals surface area contributed by atoms with E-state index in [1.54, 1.807) is 0 Å². The molecule has 1 aromatic rings. The number of unbranched alkanes of at least 4 members (excludes halogenated alkanes) is 2. The van der Waals surface area contributed by atoms with Crippen molar-refractivity contribution in [2.45, 2.75) is 91.1 Å². The summed E-state index contributed by atoms with van der Waals surface area (Å²) in [6, 6.07) is 4.23. The van der Waals surface area contributed by atoms with Crippen LogP contribution in [0.5, 0.6) is 0 Å². The molecule has 1 saturated carbocycles. The second-order valence-electron chi connectivity index (χ2n) is 8.39. The molecule has 0 atom stereocenters. The second kappa shape index (κ2) is 8.00. The van der Waals surface area contributed by atoms with Gasteiger partial charge in [0.1, 0.15) is 11.4 Å². The maximum atomic E-state index is 13.0. The lowest BCUT2D eigenvalue weighted by Gasteiger charge is -2.25. The van der Waals surface area contributed by atoms with E-state index in [0.717, 1.165) is 67.2 Å². The van der Waals surface area contributed by atoms with Crippen LogP contribution in [0.4, 0.5) is 0 Å². The minimum atomic E-state index is -0.531. The minimum absolute atomic E-state index is 0.233. The van der Waals surface area contributed by atoms with E-state index >= 15 is 0 Å². The summed E-state index contributed by atoms with van der Waals surface area (Å²) < 4.78 is 5.99. The number of hydrogen-bond donors (Lipinski definition) is 0. The van der Waals surface area contributed by atoms with Gasteiger partial charge >= 0.3 is 5.97 Å². The molecule has 1 aromatic carbocycles. The molecule has 0 radical (unpaired) electrons. The predicted molar refractivity (Wildman–Crippen MR) is 109 cm³/mol. The summed E-state index contributed by atoms with van der Waals surface area (Å²) in [4.78, 5) is 25.7. The van der Waals surface area contributed by atoms with E-state index in [9.17, 15) is 9.59 Å². The van der Waals surface area contributed by atoms with Crippen molar-refractivity contribution in [1.82, 2.24) is 0 Å². The lowest BCUT2D eigenvalue weighted by Crippen LogP contribution is -2.29. The fourth-order valence-corrected chi connectivity index (χ4v) is 4.93. The molecule has 1 spiro atoms. The first-order valence-electron chi connectivity index (χ1n) is 10.4. The fraction of sp³-hybridized carbons (Fsp3) is 0.583. The van der Waals surface area contributed by atoms with Crippen LogP contribution in [-0.2, 0) is 14.3 Å². The number of rotatable bonds is 7. The third-order valence-corrected chi connectivity index (χ3v) is 6.12. The van der Waals surface area contributed by atoms with Crippen LogP contribution in [0.25, 0.3) is 5.57 Å². The molecule has 1 heterocycles. The Balaban J connectivity index is 2.05. The zero-order chi connectivity index (χ0) is 19.6. The SMILES string of the molecule is CCCCCC(=O)CC1=C(c2c(C)cc(C)cc2C)C(=O)OC12CCCC2. The van der Waals surface area contributed by atoms with Crippen molar-refractivity contribution < 1.29 is 14.3 Å². The van der Waals surface area contributed by atoms with Crippen molar-refractivity contribution >= 4 is 17.3 Å². The summed E-state index contributed by atoms with van der Waals surface area (Å²) in [6.45, 7) is 8.32. The lowest BCUT2D eigenvalue weighted by atomic mass is 9.82. The highest BCUT2D eigenvalue weighted by Crippen LogP contribution is 2.50. The number of aryl methyl sites for hydroxylation is 3. The van der Waals surface area contributed by atoms with Crippen LogP contribution in [-0.4, -0.2) is 17.4 Å². The van der Waals surface area contributed by atoms with Gasteiger partial charge in [0, 0.05) is 12.8 Å². The molecule has 146 valence electrons. The van der Waals surface area contributed by atoms with Crippen LogP contribution in [0.1, 0.15) is 87.0 Å². The fourth-order valence-electron chi connectivity index (χ4n) is 4.93. The van der Waals surface area contributed by atoms with Gasteiger partial charge in [-0.1, -0.05) is 37.5 Å². The minimum Gasteiger partial charge on any atom is -0.451 e. The normalized spacial score (nSPS) is 18.4. The predicted octanol–water partition coefficient (Wildman–Crippen LogP) is 5.77. The Bertz CT molecular complexity index is 756. The van der Waals surface area contributed by atoms with Crippen molar-refractivity contribution in [3.05, 3.63) is 40.0 Å². The van der Waals surface area contributed by atoms with E-state index in [1.807, 2.05) is 0 Å². The van der Waals surface area contributed by atoms with Gasteiger partial charge in [-0.05, 0) is 75.1 Å². The molecule has 1 aliphatic carbocycles. The van der Waals surface area contributed by atoms with E-state index in [4.69, 9.17) is 4.74 Å². The summed E-state index contributed by atoms with van der Waals surface area (Å²) in [7, 11) is 0. The van der Waals surface area contributed by atoms with E-state index in [0.29, 0.717) is 18.4 Å². The summed E-state index contributed by atoms with van der Waals surface area (Å²) in [5, 5.41) is 0. The highest BCUT2D eigenvalue weighted by atomic mass is 16.6. The zero-order valence-corrected chi connectivity index (χ0v) is 17.2. The van der Waals surface area contributed by atoms with Gasteiger partial charge in [0.2, 0.25) is 0 Å². The number of ether oxygens (including phenoxy) is 1. The monoisotopic (exact) mass is 368 g/mol. The largest absolute Gasteiger partial charge is 0.451 e. The van der Waals surface area contributed by atoms with Crippen molar-refractivity contribution in [2.75, 3.05) is 0 Å². The van der Waals surface area contributed by atoms with Crippen molar-refractivity contribution in [3.8, 4) is 0 Å². The number of benzene rings is 1. The molecule has 3 rings (SSSR count). The number of ketones is 1. The van der Waals surface area contributed by atoms with E-state index in [2.05, 4.69) is 39.8 Å². The lowest BCUT2D eigenvalue weighted by molar-refractivity contribution is -0.145. The Kier molecular flexibility index (Phi) is 5.88. The Labute approximate surface area is 163 Å². The number of carbonyl (C=O) groups excluding carboxylic acids is 2. The van der Waals surface area contributed by atoms with Gasteiger partial charge < -0.3 is 4.74 Å². The molecule has 0 saturated heterocycles. The molecule has 0 amide bonds. The Morgan fingerprint density at radius 1 is 1.07 bits per heavy atom. The maximum absolute atomic E-state index is 13.0. The average molecular weight is 369 g/mol. The standard InChI is InChI=1S/C24H32O3/c1-5-6-7-10-19(25)15-20-22(21-17(3)13-16(2)14-18(21)4)23(26)27-24(20)11-8-9-12-24/h13-14H,5-12,15H2,1-4H3. The maximum Gasteiger partial charge on any atom is 0.339 e. The highest BCUT2D eigenvalue weighted by Gasteiger charge is 2.50. The molecule has 0 unspecified atom stereocenters. The van der Waals surface area contributed by atoms with Gasteiger partial charge in [-0.15, -0.1) is 0 Å². The molecule has 3 nitrogen and oxygen atoms in total. The van der Waals surface area contributed by atoms with Crippen molar-refractivity contribution in [2.24, 2.45) is 0 Å². The molecule has 1 aliphatic heterocycles. The van der Waals surface area contributed by atoms with E-state index < -0.39 is 5.60 Å². The van der Waals surface area contributed by atoms with Crippen LogP contribution >= 0.6 is 0 Å². The van der Waals surface area contributed by atoms with Gasteiger partial charge in [0.15, 0.2) is 0 Å². The second-order valence-corrected chi connectivity index (χ2v) is 8.39. The smallest absolute Gasteiger partial charge is 0.339 e. The summed E-state index contributed by atoms with van der Waals surface area (Å²) in [6.07, 6.45) is 7.89. The summed E-state index contributed by atoms with van der Waals surface area (Å²) >= 11 is 0. The van der Waals surface area contributed by atoms with Crippen molar-refractivity contribution in [3.63, 3.8) is 0 Å². The molecular formula is C24H32O3. The van der Waals surface area contributed by atoms with Crippen LogP contribution in [0.2, 0.25) is 0 Å². The molecule has 3 heteroatoms. The summed E-state index contributed by atoms with van der Waals surface area (Å²) in [5.41, 5.74) is 5.45. The molecule has 0 N–H and O–H groups in total. The molecule has 1 fully saturated rings. The van der Waals surface area contributed by atoms with Gasteiger partial charge in [-0.2, -0.15) is 0 Å². The Hall–Kier alpha value is -1.90. The number of hydrogen-bond acceptors (Lipinski definition) is 3. The zero-order valence-electron chi connectivity index (χ0n) is 17.2. The van der Waals surface area contributed by atoms with Crippen LogP contribution in [0.3, 0.4) is 0 Å². The molecular weight excluding hydrogens is 336 g/mol. The quantitative estimate of drug-likeness (QED) is 0.453. The van der Waals surface area contributed by atoms with Gasteiger partial charge in [0.25, 0.3) is 0 Å². The topological polar surface area (TPSA) is 43.4 Å². The first kappa shape index (κ1) is 19.9. The Morgan fingerprint density at radius 3 is 2.30 bits per heavy atom. The third-order valence-electron chi connectivity index (χ3n) is 6.12. The average Bonchev–Trinajstić information content (AvgIpc) is 3.14. The summed E-state index contributed by atoms with van der Waals surface area (Å²) in [5.74, 6) is 0.00579. The first-order valence-corrected chi connectivity index (χ1v) is 10.4. The van der Waals surface area contributed by atoms with Gasteiger partial charge in [0.05, 0.1) is 5.57 Å². The molecule has 0 bridgehead atoms. The highest BCUT2D eigenvalue weighted by molar-refractivity contribution is 6.21. The molecule has 2 aliphatic rings. The molecule has 0 aromatic heterocycles. The van der Waals surface area contributed by atoms with E-state index in [1.165, 1.54) is 5.56 Å². The third kappa shape index (κ3) is 3.88. The Morgan fingerprint density at radius 2 is 1.70 bits per heavy atom. The number of Topliss-reactive ketones (excluding diaryl/α,β-unsaturated/α-hetero) is 1. The number of esters is 1. The van der Waals surface area contributed by atoms with Crippen LogP contribution < -0.4 is 0 Å². The van der Waals surface area contributed by atoms with Gasteiger partial charge in [-0.3, -0.25) is 4.79 Å². The van der Waals surface area contributed by atoms with E-state index in [-0.39, 0.29) is 11.8 Å². The van der Waals surface area contributed by atoms with Gasteiger partial charge in [-0.25, -0.2) is 4.79 Å². The first-order chi connectivity index (χ1) is 12.9. The van der Waals surface area contributed by atoms with Crippen molar-refractivity contribution in [1.29, 1.82) is 0 Å².